The molecule has 1 unspecified atom stereocenters. The van der Waals surface area contributed by atoms with Crippen LogP contribution in [-0.2, 0) is 6.54 Å². The van der Waals surface area contributed by atoms with Crippen molar-refractivity contribution in [2.75, 3.05) is 20.1 Å². The molecule has 0 saturated heterocycles. The molecule has 0 radical (unpaired) electrons. The van der Waals surface area contributed by atoms with Gasteiger partial charge >= 0.3 is 0 Å². The molecule has 1 aliphatic rings. The van der Waals surface area contributed by atoms with E-state index in [0.29, 0.717) is 5.41 Å². The van der Waals surface area contributed by atoms with Crippen LogP contribution in [0, 0.1) is 5.41 Å². The molecule has 1 heterocycles. The van der Waals surface area contributed by atoms with Gasteiger partial charge in [-0.1, -0.05) is 20.3 Å². The van der Waals surface area contributed by atoms with Gasteiger partial charge in [0.15, 0.2) is 0 Å². The number of rotatable bonds is 9. The first-order chi connectivity index (χ1) is 9.11. The van der Waals surface area contributed by atoms with E-state index in [1.54, 1.807) is 6.26 Å². The van der Waals surface area contributed by atoms with Crippen LogP contribution in [0.3, 0.4) is 0 Å². The van der Waals surface area contributed by atoms with Crippen molar-refractivity contribution in [3.63, 3.8) is 0 Å². The summed E-state index contributed by atoms with van der Waals surface area (Å²) in [6.45, 7) is 7.83. The van der Waals surface area contributed by atoms with Gasteiger partial charge in [-0.15, -0.1) is 0 Å². The summed E-state index contributed by atoms with van der Waals surface area (Å²) in [5, 5.41) is 3.70. The molecule has 0 amide bonds. The van der Waals surface area contributed by atoms with Crippen molar-refractivity contribution >= 4 is 0 Å². The highest BCUT2D eigenvalue weighted by Crippen LogP contribution is 2.27. The molecule has 3 heteroatoms. The summed E-state index contributed by atoms with van der Waals surface area (Å²) in [6, 6.07) is 4.81. The van der Waals surface area contributed by atoms with Gasteiger partial charge in [-0.25, -0.2) is 0 Å². The van der Waals surface area contributed by atoms with Crippen LogP contribution in [0.15, 0.2) is 22.8 Å². The minimum absolute atomic E-state index is 0.360. The SMILES string of the molecule is CCCC(C)(CNC1CC1)CN(C)Cc1ccco1. The molecule has 19 heavy (non-hydrogen) atoms. The lowest BCUT2D eigenvalue weighted by molar-refractivity contribution is 0.160. The third-order valence-corrected chi connectivity index (χ3v) is 3.91. The molecule has 1 aliphatic carbocycles. The molecule has 1 N–H and O–H groups in total. The summed E-state index contributed by atoms with van der Waals surface area (Å²) in [4.78, 5) is 2.38. The number of furan rings is 1. The second-order valence-electron chi connectivity index (χ2n) is 6.47. The highest BCUT2D eigenvalue weighted by Gasteiger charge is 2.29. The van der Waals surface area contributed by atoms with Gasteiger partial charge in [-0.05, 0) is 43.9 Å². The van der Waals surface area contributed by atoms with E-state index < -0.39 is 0 Å². The molecule has 1 aromatic heterocycles. The van der Waals surface area contributed by atoms with Crippen LogP contribution in [0.25, 0.3) is 0 Å². The van der Waals surface area contributed by atoms with Gasteiger partial charge in [0.25, 0.3) is 0 Å². The lowest BCUT2D eigenvalue weighted by atomic mass is 9.84. The Bertz CT molecular complexity index is 359. The van der Waals surface area contributed by atoms with Crippen molar-refractivity contribution in [3.05, 3.63) is 24.2 Å². The van der Waals surface area contributed by atoms with Crippen LogP contribution in [-0.4, -0.2) is 31.1 Å². The fraction of sp³-hybridized carbons (Fsp3) is 0.750. The molecule has 1 aromatic rings. The molecule has 108 valence electrons. The van der Waals surface area contributed by atoms with E-state index in [4.69, 9.17) is 4.42 Å². The van der Waals surface area contributed by atoms with Gasteiger partial charge in [-0.3, -0.25) is 4.90 Å². The predicted octanol–water partition coefficient (Wildman–Crippen LogP) is 3.27. The van der Waals surface area contributed by atoms with Crippen LogP contribution in [0.2, 0.25) is 0 Å². The third-order valence-electron chi connectivity index (χ3n) is 3.91. The number of hydrogen-bond acceptors (Lipinski definition) is 3. The van der Waals surface area contributed by atoms with Crippen molar-refractivity contribution < 1.29 is 4.42 Å². The minimum Gasteiger partial charge on any atom is -0.468 e. The zero-order valence-electron chi connectivity index (χ0n) is 12.6. The first-order valence-corrected chi connectivity index (χ1v) is 7.55. The predicted molar refractivity (Wildman–Crippen MR) is 79.1 cm³/mol. The minimum atomic E-state index is 0.360. The summed E-state index contributed by atoms with van der Waals surface area (Å²) < 4.78 is 5.43. The zero-order valence-corrected chi connectivity index (χ0v) is 12.6. The quantitative estimate of drug-likeness (QED) is 0.742. The fourth-order valence-electron chi connectivity index (χ4n) is 2.88. The first-order valence-electron chi connectivity index (χ1n) is 7.55. The van der Waals surface area contributed by atoms with E-state index >= 15 is 0 Å². The Morgan fingerprint density at radius 3 is 2.84 bits per heavy atom. The van der Waals surface area contributed by atoms with Gasteiger partial charge in [0.05, 0.1) is 12.8 Å². The van der Waals surface area contributed by atoms with E-state index in [9.17, 15) is 0 Å². The van der Waals surface area contributed by atoms with Crippen LogP contribution < -0.4 is 5.32 Å². The Hall–Kier alpha value is -0.800. The maximum absolute atomic E-state index is 5.43. The zero-order chi connectivity index (χ0) is 13.7. The molecule has 1 atom stereocenters. The van der Waals surface area contributed by atoms with Crippen LogP contribution in [0.4, 0.5) is 0 Å². The van der Waals surface area contributed by atoms with Gasteiger partial charge in [0.2, 0.25) is 0 Å². The number of hydrogen-bond donors (Lipinski definition) is 1. The standard InChI is InChI=1S/C16H28N2O/c1-4-9-16(2,12-17-14-7-8-14)13-18(3)11-15-6-5-10-19-15/h5-6,10,14,17H,4,7-9,11-13H2,1-3H3. The molecule has 2 rings (SSSR count). The Morgan fingerprint density at radius 1 is 1.47 bits per heavy atom. The van der Waals surface area contributed by atoms with Crippen molar-refractivity contribution in [1.82, 2.24) is 10.2 Å². The van der Waals surface area contributed by atoms with Crippen LogP contribution in [0.5, 0.6) is 0 Å². The molecule has 0 aromatic carbocycles. The Morgan fingerprint density at radius 2 is 2.26 bits per heavy atom. The van der Waals surface area contributed by atoms with Crippen LogP contribution in [0.1, 0.15) is 45.3 Å². The monoisotopic (exact) mass is 264 g/mol. The van der Waals surface area contributed by atoms with Gasteiger partial charge in [0, 0.05) is 19.1 Å². The Balaban J connectivity index is 1.82. The summed E-state index contributed by atoms with van der Waals surface area (Å²) in [7, 11) is 2.19. The van der Waals surface area contributed by atoms with Crippen molar-refractivity contribution in [1.29, 1.82) is 0 Å². The Labute approximate surface area is 117 Å². The van der Waals surface area contributed by atoms with E-state index in [2.05, 4.69) is 37.2 Å². The second-order valence-corrected chi connectivity index (χ2v) is 6.47. The fourth-order valence-corrected chi connectivity index (χ4v) is 2.88. The molecular weight excluding hydrogens is 236 g/mol. The summed E-state index contributed by atoms with van der Waals surface area (Å²) in [5.41, 5.74) is 0.360. The molecular formula is C16H28N2O. The van der Waals surface area contributed by atoms with E-state index in [1.165, 1.54) is 25.7 Å². The smallest absolute Gasteiger partial charge is 0.117 e. The van der Waals surface area contributed by atoms with Gasteiger partial charge in [0.1, 0.15) is 5.76 Å². The van der Waals surface area contributed by atoms with E-state index in [0.717, 1.165) is 31.4 Å². The molecule has 3 nitrogen and oxygen atoms in total. The molecule has 1 saturated carbocycles. The number of nitrogens with zero attached hydrogens (tertiary/aromatic N) is 1. The van der Waals surface area contributed by atoms with Crippen molar-refractivity contribution in [2.24, 2.45) is 5.41 Å². The molecule has 0 bridgehead atoms. The summed E-state index contributed by atoms with van der Waals surface area (Å²) in [6.07, 6.45) is 7.00. The average molecular weight is 264 g/mol. The highest BCUT2D eigenvalue weighted by molar-refractivity contribution is 4.98. The lowest BCUT2D eigenvalue weighted by Gasteiger charge is -2.34. The first kappa shape index (κ1) is 14.6. The number of nitrogens with one attached hydrogen (secondary N) is 1. The van der Waals surface area contributed by atoms with Gasteiger partial charge in [-0.2, -0.15) is 0 Å². The molecule has 1 fully saturated rings. The maximum atomic E-state index is 5.43. The average Bonchev–Trinajstić information content (AvgIpc) is 3.05. The summed E-state index contributed by atoms with van der Waals surface area (Å²) in [5.74, 6) is 1.05. The summed E-state index contributed by atoms with van der Waals surface area (Å²) >= 11 is 0. The Kier molecular flexibility index (Phi) is 5.06. The lowest BCUT2D eigenvalue weighted by Crippen LogP contribution is -2.41. The third kappa shape index (κ3) is 5.00. The topological polar surface area (TPSA) is 28.4 Å². The van der Waals surface area contributed by atoms with Crippen molar-refractivity contribution in [2.45, 2.75) is 52.1 Å². The van der Waals surface area contributed by atoms with E-state index in [-0.39, 0.29) is 0 Å². The van der Waals surface area contributed by atoms with E-state index in [1.807, 2.05) is 6.07 Å². The highest BCUT2D eigenvalue weighted by atomic mass is 16.3. The van der Waals surface area contributed by atoms with Crippen molar-refractivity contribution in [3.8, 4) is 0 Å². The normalized spacial score (nSPS) is 18.7. The second kappa shape index (κ2) is 6.58. The molecule has 0 spiro atoms. The molecule has 0 aliphatic heterocycles. The maximum Gasteiger partial charge on any atom is 0.117 e. The largest absolute Gasteiger partial charge is 0.468 e. The van der Waals surface area contributed by atoms with Crippen LogP contribution >= 0.6 is 0 Å². The van der Waals surface area contributed by atoms with Gasteiger partial charge < -0.3 is 9.73 Å².